The van der Waals surface area contributed by atoms with Crippen molar-refractivity contribution < 1.29 is 9.18 Å². The summed E-state index contributed by atoms with van der Waals surface area (Å²) in [5.41, 5.74) is 2.83. The summed E-state index contributed by atoms with van der Waals surface area (Å²) >= 11 is 0. The van der Waals surface area contributed by atoms with E-state index < -0.39 is 5.95 Å². The molecule has 4 rings (SSSR count). The molecule has 0 bridgehead atoms. The highest BCUT2D eigenvalue weighted by Gasteiger charge is 2.16. The normalized spacial score (nSPS) is 11.2. The van der Waals surface area contributed by atoms with Crippen molar-refractivity contribution in [2.75, 3.05) is 14.1 Å². The van der Waals surface area contributed by atoms with Gasteiger partial charge in [0.2, 0.25) is 5.95 Å². The monoisotopic (exact) mass is 406 g/mol. The second-order valence-electron chi connectivity index (χ2n) is 7.31. The zero-order chi connectivity index (χ0) is 21.3. The first kappa shape index (κ1) is 19.8. The highest BCUT2D eigenvalue weighted by atomic mass is 19.1. The zero-order valence-corrected chi connectivity index (χ0v) is 17.2. The Morgan fingerprint density at radius 1 is 1.17 bits per heavy atom. The van der Waals surface area contributed by atoms with Crippen molar-refractivity contribution in [1.29, 1.82) is 0 Å². The second kappa shape index (κ2) is 8.06. The number of rotatable bonds is 6. The van der Waals surface area contributed by atoms with E-state index in [1.807, 2.05) is 29.0 Å². The predicted octanol–water partition coefficient (Wildman–Crippen LogP) is 3.59. The molecule has 0 saturated heterocycles. The summed E-state index contributed by atoms with van der Waals surface area (Å²) in [4.78, 5) is 27.0. The van der Waals surface area contributed by atoms with Gasteiger partial charge in [0.05, 0.1) is 17.6 Å². The van der Waals surface area contributed by atoms with Gasteiger partial charge in [0.25, 0.3) is 5.91 Å². The molecule has 0 atom stereocenters. The van der Waals surface area contributed by atoms with Crippen molar-refractivity contribution in [3.8, 4) is 11.5 Å². The number of aromatic nitrogens is 5. The zero-order valence-electron chi connectivity index (χ0n) is 17.2. The Morgan fingerprint density at radius 3 is 2.73 bits per heavy atom. The fourth-order valence-electron chi connectivity index (χ4n) is 3.52. The van der Waals surface area contributed by atoms with Crippen LogP contribution in [0.3, 0.4) is 0 Å². The van der Waals surface area contributed by atoms with Crippen molar-refractivity contribution in [3.05, 3.63) is 66.1 Å². The molecule has 154 valence electrons. The number of pyridine rings is 1. The number of amides is 1. The van der Waals surface area contributed by atoms with E-state index in [0.29, 0.717) is 23.6 Å². The highest BCUT2D eigenvalue weighted by Crippen LogP contribution is 2.22. The van der Waals surface area contributed by atoms with E-state index >= 15 is 0 Å². The van der Waals surface area contributed by atoms with Gasteiger partial charge in [0, 0.05) is 38.6 Å². The van der Waals surface area contributed by atoms with Crippen LogP contribution in [0.2, 0.25) is 0 Å². The summed E-state index contributed by atoms with van der Waals surface area (Å²) in [6.45, 7) is 3.37. The van der Waals surface area contributed by atoms with E-state index in [1.165, 1.54) is 6.07 Å². The Balaban J connectivity index is 1.75. The van der Waals surface area contributed by atoms with Crippen LogP contribution in [0.15, 0.2) is 48.8 Å². The molecular weight excluding hydrogens is 383 g/mol. The molecule has 4 aromatic rings. The first-order chi connectivity index (χ1) is 14.5. The number of nitrogens with zero attached hydrogens (tertiary/aromatic N) is 6. The summed E-state index contributed by atoms with van der Waals surface area (Å²) in [5, 5.41) is 0. The molecular formula is C22H23FN6O. The van der Waals surface area contributed by atoms with Crippen molar-refractivity contribution in [2.24, 2.45) is 0 Å². The quantitative estimate of drug-likeness (QED) is 0.459. The lowest BCUT2D eigenvalue weighted by molar-refractivity contribution is 0.0827. The number of hydrogen-bond acceptors (Lipinski definition) is 4. The van der Waals surface area contributed by atoms with E-state index in [-0.39, 0.29) is 5.91 Å². The van der Waals surface area contributed by atoms with Crippen LogP contribution < -0.4 is 0 Å². The summed E-state index contributed by atoms with van der Waals surface area (Å²) in [6.07, 6.45) is 4.44. The number of carbonyl (C=O) groups excluding carboxylic acids is 1. The molecule has 0 N–H and O–H groups in total. The molecule has 30 heavy (non-hydrogen) atoms. The van der Waals surface area contributed by atoms with Gasteiger partial charge in [-0.2, -0.15) is 4.39 Å². The molecule has 7 nitrogen and oxygen atoms in total. The third kappa shape index (κ3) is 3.68. The lowest BCUT2D eigenvalue weighted by atomic mass is 10.2. The van der Waals surface area contributed by atoms with Gasteiger partial charge >= 0.3 is 0 Å². The Labute approximate surface area is 173 Å². The van der Waals surface area contributed by atoms with Crippen LogP contribution >= 0.6 is 0 Å². The second-order valence-corrected chi connectivity index (χ2v) is 7.31. The number of hydrogen-bond donors (Lipinski definition) is 0. The van der Waals surface area contributed by atoms with E-state index in [0.717, 1.165) is 29.8 Å². The fraction of sp³-hybridized carbons (Fsp3) is 0.273. The standard InChI is InChI=1S/C22H23FN6O/c1-4-11-29-18-9-8-15(22(30)27(2)3)13-17(18)26-20(29)14-28-12-10-24-21(28)16-6-5-7-19(23)25-16/h5-10,12-13H,4,11,14H2,1-3H3. The number of aryl methyl sites for hydroxylation is 1. The lowest BCUT2D eigenvalue weighted by Gasteiger charge is -2.11. The molecule has 0 fully saturated rings. The van der Waals surface area contributed by atoms with Crippen LogP contribution in [0.4, 0.5) is 4.39 Å². The molecule has 0 aliphatic carbocycles. The van der Waals surface area contributed by atoms with E-state index in [9.17, 15) is 9.18 Å². The molecule has 3 heterocycles. The molecule has 0 saturated carbocycles. The molecule has 0 aliphatic heterocycles. The summed E-state index contributed by atoms with van der Waals surface area (Å²) < 4.78 is 17.6. The molecule has 0 spiro atoms. The highest BCUT2D eigenvalue weighted by molar-refractivity contribution is 5.97. The van der Waals surface area contributed by atoms with Crippen LogP contribution in [0, 0.1) is 5.95 Å². The fourth-order valence-corrected chi connectivity index (χ4v) is 3.52. The average Bonchev–Trinajstić information content (AvgIpc) is 3.32. The third-order valence-electron chi connectivity index (χ3n) is 4.90. The minimum Gasteiger partial charge on any atom is -0.345 e. The van der Waals surface area contributed by atoms with Gasteiger partial charge in [0.1, 0.15) is 11.5 Å². The molecule has 1 amide bonds. The van der Waals surface area contributed by atoms with E-state index in [4.69, 9.17) is 4.98 Å². The van der Waals surface area contributed by atoms with E-state index in [2.05, 4.69) is 21.5 Å². The number of carbonyl (C=O) groups is 1. The number of halogens is 1. The average molecular weight is 406 g/mol. The Hall–Kier alpha value is -3.55. The van der Waals surface area contributed by atoms with Gasteiger partial charge in [-0.1, -0.05) is 13.0 Å². The van der Waals surface area contributed by atoms with Crippen LogP contribution in [0.25, 0.3) is 22.6 Å². The first-order valence-electron chi connectivity index (χ1n) is 9.82. The van der Waals surface area contributed by atoms with Crippen LogP contribution in [0.5, 0.6) is 0 Å². The molecule has 8 heteroatoms. The van der Waals surface area contributed by atoms with Gasteiger partial charge < -0.3 is 14.0 Å². The van der Waals surface area contributed by atoms with Gasteiger partial charge in [-0.05, 0) is 36.8 Å². The van der Waals surface area contributed by atoms with Crippen LogP contribution in [-0.2, 0) is 13.1 Å². The number of benzene rings is 1. The SMILES string of the molecule is CCCn1c(Cn2ccnc2-c2cccc(F)n2)nc2cc(C(=O)N(C)C)ccc21. The van der Waals surface area contributed by atoms with Crippen molar-refractivity contribution in [1.82, 2.24) is 29.0 Å². The summed E-state index contributed by atoms with van der Waals surface area (Å²) in [5.74, 6) is 0.820. The van der Waals surface area contributed by atoms with Crippen molar-refractivity contribution in [2.45, 2.75) is 26.4 Å². The molecule has 0 aliphatic rings. The maximum atomic E-state index is 13.6. The number of fused-ring (bicyclic) bond motifs is 1. The Kier molecular flexibility index (Phi) is 5.31. The van der Waals surface area contributed by atoms with E-state index in [1.54, 1.807) is 37.3 Å². The molecule has 0 radical (unpaired) electrons. The molecule has 3 aromatic heterocycles. The van der Waals surface area contributed by atoms with Gasteiger partial charge in [0.15, 0.2) is 5.82 Å². The van der Waals surface area contributed by atoms with Crippen molar-refractivity contribution >= 4 is 16.9 Å². The molecule has 1 aromatic carbocycles. The topological polar surface area (TPSA) is 68.8 Å². The largest absolute Gasteiger partial charge is 0.345 e. The van der Waals surface area contributed by atoms with Gasteiger partial charge in [-0.3, -0.25) is 4.79 Å². The lowest BCUT2D eigenvalue weighted by Crippen LogP contribution is -2.21. The van der Waals surface area contributed by atoms with Crippen LogP contribution in [0.1, 0.15) is 29.5 Å². The maximum absolute atomic E-state index is 13.6. The third-order valence-corrected chi connectivity index (χ3v) is 4.90. The smallest absolute Gasteiger partial charge is 0.253 e. The van der Waals surface area contributed by atoms with Gasteiger partial charge in [-0.15, -0.1) is 0 Å². The molecule has 0 unspecified atom stereocenters. The minimum atomic E-state index is -0.543. The number of imidazole rings is 2. The first-order valence-corrected chi connectivity index (χ1v) is 9.82. The Bertz CT molecular complexity index is 1210. The minimum absolute atomic E-state index is 0.0578. The summed E-state index contributed by atoms with van der Waals surface area (Å²) in [7, 11) is 3.46. The maximum Gasteiger partial charge on any atom is 0.253 e. The van der Waals surface area contributed by atoms with Gasteiger partial charge in [-0.25, -0.2) is 15.0 Å². The van der Waals surface area contributed by atoms with Crippen molar-refractivity contribution in [3.63, 3.8) is 0 Å². The predicted molar refractivity (Wildman–Crippen MR) is 113 cm³/mol. The summed E-state index contributed by atoms with van der Waals surface area (Å²) in [6, 6.07) is 10.3. The Morgan fingerprint density at radius 2 is 2.00 bits per heavy atom. The van der Waals surface area contributed by atoms with Crippen LogP contribution in [-0.4, -0.2) is 49.0 Å².